The van der Waals surface area contributed by atoms with E-state index in [0.29, 0.717) is 24.0 Å². The molecule has 0 aliphatic carbocycles. The number of carbonyl (C=O) groups is 2. The van der Waals surface area contributed by atoms with Crippen LogP contribution in [0.5, 0.6) is 5.75 Å². The molecule has 2 amide bonds. The van der Waals surface area contributed by atoms with Crippen molar-refractivity contribution in [1.82, 2.24) is 9.80 Å². The van der Waals surface area contributed by atoms with Crippen molar-refractivity contribution in [3.63, 3.8) is 0 Å². The molecular weight excluding hydrogens is 398 g/mol. The Bertz CT molecular complexity index is 886. The minimum Gasteiger partial charge on any atom is -0.494 e. The number of hydrogen-bond donors (Lipinski definition) is 1. The van der Waals surface area contributed by atoms with Gasteiger partial charge in [-0.3, -0.25) is 14.5 Å². The van der Waals surface area contributed by atoms with E-state index in [-0.39, 0.29) is 18.2 Å². The molecule has 0 unspecified atom stereocenters. The lowest BCUT2D eigenvalue weighted by Gasteiger charge is -2.23. The number of hydrogen-bond acceptors (Lipinski definition) is 4. The van der Waals surface area contributed by atoms with Crippen LogP contribution in [0.3, 0.4) is 0 Å². The van der Waals surface area contributed by atoms with Crippen molar-refractivity contribution in [2.24, 2.45) is 0 Å². The van der Waals surface area contributed by atoms with Crippen LogP contribution in [0.4, 0.5) is 5.69 Å². The third kappa shape index (κ3) is 5.36. The molecule has 158 valence electrons. The number of ether oxygens (including phenoxy) is 1. The number of thiocarbonyl (C=S) groups is 1. The second-order valence-electron chi connectivity index (χ2n) is 7.25. The van der Waals surface area contributed by atoms with Crippen LogP contribution in [0.15, 0.2) is 54.6 Å². The fourth-order valence-electron chi connectivity index (χ4n) is 3.36. The quantitative estimate of drug-likeness (QED) is 0.624. The molecule has 2 aromatic carbocycles. The van der Waals surface area contributed by atoms with Crippen LogP contribution in [0.2, 0.25) is 0 Å². The Morgan fingerprint density at radius 3 is 2.50 bits per heavy atom. The number of rotatable bonds is 9. The molecule has 0 spiro atoms. The van der Waals surface area contributed by atoms with E-state index >= 15 is 0 Å². The van der Waals surface area contributed by atoms with E-state index in [4.69, 9.17) is 17.0 Å². The van der Waals surface area contributed by atoms with Crippen molar-refractivity contribution in [2.75, 3.05) is 25.5 Å². The van der Waals surface area contributed by atoms with Gasteiger partial charge in [0, 0.05) is 19.3 Å². The molecule has 1 N–H and O–H groups in total. The van der Waals surface area contributed by atoms with Gasteiger partial charge in [0.2, 0.25) is 5.91 Å². The zero-order chi connectivity index (χ0) is 21.5. The third-order valence-electron chi connectivity index (χ3n) is 5.00. The molecule has 1 atom stereocenters. The highest BCUT2D eigenvalue weighted by atomic mass is 32.1. The summed E-state index contributed by atoms with van der Waals surface area (Å²) in [6, 6.07) is 16.7. The van der Waals surface area contributed by atoms with Gasteiger partial charge in [-0.25, -0.2) is 0 Å². The topological polar surface area (TPSA) is 61.9 Å². The van der Waals surface area contributed by atoms with E-state index < -0.39 is 6.04 Å². The molecule has 0 aromatic heterocycles. The van der Waals surface area contributed by atoms with Crippen LogP contribution in [-0.4, -0.2) is 53.0 Å². The Labute approximate surface area is 182 Å². The van der Waals surface area contributed by atoms with Gasteiger partial charge in [0.15, 0.2) is 5.11 Å². The Morgan fingerprint density at radius 2 is 1.83 bits per heavy atom. The first kappa shape index (κ1) is 21.8. The average molecular weight is 426 g/mol. The van der Waals surface area contributed by atoms with Gasteiger partial charge >= 0.3 is 0 Å². The number of nitrogens with one attached hydrogen (secondary N) is 1. The highest BCUT2D eigenvalue weighted by Crippen LogP contribution is 2.21. The van der Waals surface area contributed by atoms with Gasteiger partial charge in [-0.05, 0) is 54.9 Å². The third-order valence-corrected chi connectivity index (χ3v) is 5.51. The van der Waals surface area contributed by atoms with Gasteiger partial charge in [-0.15, -0.1) is 0 Å². The highest BCUT2D eigenvalue weighted by Gasteiger charge is 2.41. The number of carbonyl (C=O) groups excluding carboxylic acids is 2. The van der Waals surface area contributed by atoms with Gasteiger partial charge in [0.05, 0.1) is 13.0 Å². The largest absolute Gasteiger partial charge is 0.494 e. The number of nitrogens with zero attached hydrogens (tertiary/aromatic N) is 2. The molecule has 7 heteroatoms. The first-order chi connectivity index (χ1) is 14.5. The smallest absolute Gasteiger partial charge is 0.251 e. The minimum absolute atomic E-state index is 0.0478. The molecule has 1 heterocycles. The number of likely N-dealkylation sites (N-methyl/N-ethyl adjacent to an activating group) is 1. The molecule has 0 saturated carbocycles. The highest BCUT2D eigenvalue weighted by molar-refractivity contribution is 7.80. The van der Waals surface area contributed by atoms with Crippen LogP contribution >= 0.6 is 12.2 Å². The van der Waals surface area contributed by atoms with Crippen molar-refractivity contribution < 1.29 is 14.3 Å². The molecule has 1 aliphatic rings. The van der Waals surface area contributed by atoms with Gasteiger partial charge in [0.1, 0.15) is 11.8 Å². The van der Waals surface area contributed by atoms with Gasteiger partial charge in [-0.1, -0.05) is 37.3 Å². The predicted octanol–water partition coefficient (Wildman–Crippen LogP) is 3.47. The maximum Gasteiger partial charge on any atom is 0.251 e. The van der Waals surface area contributed by atoms with Crippen molar-refractivity contribution in [1.29, 1.82) is 0 Å². The molecule has 2 aromatic rings. The van der Waals surface area contributed by atoms with Crippen molar-refractivity contribution in [3.05, 3.63) is 60.2 Å². The van der Waals surface area contributed by atoms with E-state index in [1.165, 1.54) is 4.90 Å². The van der Waals surface area contributed by atoms with E-state index in [1.807, 2.05) is 54.3 Å². The average Bonchev–Trinajstić information content (AvgIpc) is 2.96. The first-order valence-corrected chi connectivity index (χ1v) is 10.5. The second kappa shape index (κ2) is 10.2. The summed E-state index contributed by atoms with van der Waals surface area (Å²) in [6.07, 6.45) is 1.73. The van der Waals surface area contributed by atoms with Gasteiger partial charge in [0.25, 0.3) is 5.91 Å². The minimum atomic E-state index is -0.585. The standard InChI is InChI=1S/C23H27N3O3S/c1-3-15-29-19-11-9-18(10-12-19)24-21(27)16-20-22(28)25(2)23(30)26(20)14-13-17-7-5-4-6-8-17/h4-12,20H,3,13-16H2,1-2H3,(H,24,27)/t20-/m0/s1. The van der Waals surface area contributed by atoms with Crippen LogP contribution in [0.25, 0.3) is 0 Å². The Kier molecular flexibility index (Phi) is 7.41. The Morgan fingerprint density at radius 1 is 1.13 bits per heavy atom. The van der Waals surface area contributed by atoms with Gasteiger partial charge < -0.3 is 15.0 Å². The normalized spacial score (nSPS) is 16.1. The summed E-state index contributed by atoms with van der Waals surface area (Å²) in [7, 11) is 1.66. The molecule has 1 aliphatic heterocycles. The molecule has 6 nitrogen and oxygen atoms in total. The molecule has 1 fully saturated rings. The van der Waals surface area contributed by atoms with Crippen molar-refractivity contribution in [3.8, 4) is 5.75 Å². The second-order valence-corrected chi connectivity index (χ2v) is 7.61. The van der Waals surface area contributed by atoms with Crippen LogP contribution < -0.4 is 10.1 Å². The SMILES string of the molecule is CCCOc1ccc(NC(=O)C[C@H]2C(=O)N(C)C(=S)N2CCc2ccccc2)cc1. The van der Waals surface area contributed by atoms with Crippen molar-refractivity contribution >= 4 is 34.8 Å². The molecule has 3 rings (SSSR count). The predicted molar refractivity (Wildman–Crippen MR) is 121 cm³/mol. The van der Waals surface area contributed by atoms with Gasteiger partial charge in [-0.2, -0.15) is 0 Å². The summed E-state index contributed by atoms with van der Waals surface area (Å²) in [5.74, 6) is 0.393. The summed E-state index contributed by atoms with van der Waals surface area (Å²) >= 11 is 5.45. The summed E-state index contributed by atoms with van der Waals surface area (Å²) < 4.78 is 5.55. The zero-order valence-corrected chi connectivity index (χ0v) is 18.2. The van der Waals surface area contributed by atoms with Crippen LogP contribution in [0, 0.1) is 0 Å². The molecule has 0 bridgehead atoms. The van der Waals surface area contributed by atoms with Crippen molar-refractivity contribution in [2.45, 2.75) is 32.2 Å². The number of benzene rings is 2. The molecule has 1 saturated heterocycles. The molecule has 0 radical (unpaired) electrons. The fraction of sp³-hybridized carbons (Fsp3) is 0.348. The summed E-state index contributed by atoms with van der Waals surface area (Å²) in [6.45, 7) is 3.28. The Hall–Kier alpha value is -2.93. The maximum absolute atomic E-state index is 12.7. The number of amides is 2. The van der Waals surface area contributed by atoms with Crippen LogP contribution in [-0.2, 0) is 16.0 Å². The lowest BCUT2D eigenvalue weighted by Crippen LogP contribution is -2.39. The van der Waals surface area contributed by atoms with Crippen LogP contribution in [0.1, 0.15) is 25.3 Å². The first-order valence-electron chi connectivity index (χ1n) is 10.1. The lowest BCUT2D eigenvalue weighted by atomic mass is 10.1. The van der Waals surface area contributed by atoms with E-state index in [1.54, 1.807) is 19.2 Å². The maximum atomic E-state index is 12.7. The summed E-state index contributed by atoms with van der Waals surface area (Å²) in [5, 5.41) is 3.33. The molecular formula is C23H27N3O3S. The fourth-order valence-corrected chi connectivity index (χ4v) is 3.67. The number of anilines is 1. The lowest BCUT2D eigenvalue weighted by molar-refractivity contribution is -0.130. The summed E-state index contributed by atoms with van der Waals surface area (Å²) in [4.78, 5) is 28.6. The van der Waals surface area contributed by atoms with E-state index in [0.717, 1.165) is 24.2 Å². The summed E-state index contributed by atoms with van der Waals surface area (Å²) in [5.41, 5.74) is 1.83. The molecule has 30 heavy (non-hydrogen) atoms. The zero-order valence-electron chi connectivity index (χ0n) is 17.3. The Balaban J connectivity index is 1.61. The monoisotopic (exact) mass is 425 g/mol. The van der Waals surface area contributed by atoms with E-state index in [9.17, 15) is 9.59 Å². The van der Waals surface area contributed by atoms with E-state index in [2.05, 4.69) is 5.32 Å².